The molecule has 7 nitrogen and oxygen atoms in total. The molecule has 2 aromatic rings. The third kappa shape index (κ3) is 4.61. The number of rotatable bonds is 5. The van der Waals surface area contributed by atoms with E-state index in [4.69, 9.17) is 21.1 Å². The van der Waals surface area contributed by atoms with Gasteiger partial charge in [0.1, 0.15) is 5.75 Å². The van der Waals surface area contributed by atoms with Crippen LogP contribution in [0.1, 0.15) is 38.3 Å². The van der Waals surface area contributed by atoms with E-state index in [0.717, 1.165) is 24.8 Å². The molecule has 0 saturated heterocycles. The zero-order valence-corrected chi connectivity index (χ0v) is 16.0. The molecule has 0 saturated carbocycles. The van der Waals surface area contributed by atoms with Crippen LogP contribution >= 0.6 is 11.6 Å². The maximum atomic E-state index is 12.2. The largest absolute Gasteiger partial charge is 0.496 e. The van der Waals surface area contributed by atoms with Crippen molar-refractivity contribution in [1.82, 2.24) is 10.9 Å². The van der Waals surface area contributed by atoms with Gasteiger partial charge in [-0.1, -0.05) is 17.7 Å². The number of fused-ring (bicyclic) bond motifs is 1. The molecule has 146 valence electrons. The predicted molar refractivity (Wildman–Crippen MR) is 102 cm³/mol. The van der Waals surface area contributed by atoms with Gasteiger partial charge in [-0.25, -0.2) is 4.79 Å². The number of carbonyl (C=O) groups is 3. The van der Waals surface area contributed by atoms with Crippen LogP contribution in [0.25, 0.3) is 0 Å². The molecule has 0 radical (unpaired) electrons. The Morgan fingerprint density at radius 1 is 1.04 bits per heavy atom. The Hall–Kier alpha value is -3.06. The molecule has 0 bridgehead atoms. The summed E-state index contributed by atoms with van der Waals surface area (Å²) in [5, 5.41) is 0.348. The molecule has 0 spiro atoms. The molecule has 1 aliphatic rings. The number of aryl methyl sites for hydroxylation is 2. The van der Waals surface area contributed by atoms with Crippen molar-refractivity contribution < 1.29 is 23.9 Å². The third-order valence-electron chi connectivity index (χ3n) is 4.39. The zero-order valence-electron chi connectivity index (χ0n) is 15.2. The van der Waals surface area contributed by atoms with Gasteiger partial charge in [-0.3, -0.25) is 20.4 Å². The highest BCUT2D eigenvalue weighted by molar-refractivity contribution is 6.31. The quantitative estimate of drug-likeness (QED) is 0.592. The number of hydrogen-bond donors (Lipinski definition) is 2. The number of nitrogens with one attached hydrogen (secondary N) is 2. The van der Waals surface area contributed by atoms with Gasteiger partial charge in [0.2, 0.25) is 0 Å². The fourth-order valence-corrected chi connectivity index (χ4v) is 3.17. The Morgan fingerprint density at radius 2 is 1.82 bits per heavy atom. The van der Waals surface area contributed by atoms with E-state index >= 15 is 0 Å². The first kappa shape index (κ1) is 19.7. The first-order valence-electron chi connectivity index (χ1n) is 8.69. The summed E-state index contributed by atoms with van der Waals surface area (Å²) >= 11 is 5.88. The van der Waals surface area contributed by atoms with Gasteiger partial charge < -0.3 is 9.47 Å². The molecule has 2 N–H and O–H groups in total. The summed E-state index contributed by atoms with van der Waals surface area (Å²) in [6, 6.07) is 9.94. The first-order chi connectivity index (χ1) is 13.5. The van der Waals surface area contributed by atoms with Crippen LogP contribution in [-0.2, 0) is 22.4 Å². The maximum Gasteiger partial charge on any atom is 0.338 e. The number of esters is 1. The standard InChI is InChI=1S/C20H19ClN2O5/c1-27-17-8-7-15(21)10-16(17)19(25)23-22-18(24)11-28-20(26)14-6-5-12-3-2-4-13(12)9-14/h5-10H,2-4,11H2,1H3,(H,22,24)(H,23,25). The van der Waals surface area contributed by atoms with Gasteiger partial charge in [0.15, 0.2) is 6.61 Å². The topological polar surface area (TPSA) is 93.7 Å². The van der Waals surface area contributed by atoms with Crippen LogP contribution in [-0.4, -0.2) is 31.5 Å². The van der Waals surface area contributed by atoms with E-state index in [-0.39, 0.29) is 5.56 Å². The monoisotopic (exact) mass is 402 g/mol. The predicted octanol–water partition coefficient (Wildman–Crippen LogP) is 2.46. The highest BCUT2D eigenvalue weighted by atomic mass is 35.5. The number of amides is 2. The van der Waals surface area contributed by atoms with Crippen molar-refractivity contribution in [2.24, 2.45) is 0 Å². The lowest BCUT2D eigenvalue weighted by Gasteiger charge is -2.11. The molecule has 8 heteroatoms. The highest BCUT2D eigenvalue weighted by Gasteiger charge is 2.17. The van der Waals surface area contributed by atoms with E-state index in [1.165, 1.54) is 24.8 Å². The first-order valence-corrected chi connectivity index (χ1v) is 9.07. The third-order valence-corrected chi connectivity index (χ3v) is 4.63. The van der Waals surface area contributed by atoms with Gasteiger partial charge in [0, 0.05) is 5.02 Å². The maximum absolute atomic E-state index is 12.2. The van der Waals surface area contributed by atoms with Crippen molar-refractivity contribution in [2.75, 3.05) is 13.7 Å². The lowest BCUT2D eigenvalue weighted by molar-refractivity contribution is -0.125. The number of halogens is 1. The fraction of sp³-hybridized carbons (Fsp3) is 0.250. The van der Waals surface area contributed by atoms with Crippen LogP contribution < -0.4 is 15.6 Å². The number of methoxy groups -OCH3 is 1. The van der Waals surface area contributed by atoms with Gasteiger partial charge >= 0.3 is 5.97 Å². The smallest absolute Gasteiger partial charge is 0.338 e. The molecule has 1 aliphatic carbocycles. The van der Waals surface area contributed by atoms with Crippen molar-refractivity contribution >= 4 is 29.4 Å². The average Bonchev–Trinajstić information content (AvgIpc) is 3.17. The number of hydrazine groups is 1. The summed E-state index contributed by atoms with van der Waals surface area (Å²) in [5.74, 6) is -1.58. The lowest BCUT2D eigenvalue weighted by Crippen LogP contribution is -2.43. The molecule has 3 rings (SSSR count). The molecule has 0 unspecified atom stereocenters. The Balaban J connectivity index is 1.50. The molecule has 0 heterocycles. The van der Waals surface area contributed by atoms with E-state index in [9.17, 15) is 14.4 Å². The van der Waals surface area contributed by atoms with Crippen LogP contribution in [0.5, 0.6) is 5.75 Å². The Morgan fingerprint density at radius 3 is 2.61 bits per heavy atom. The van der Waals surface area contributed by atoms with Gasteiger partial charge in [-0.05, 0) is 60.7 Å². The molecule has 2 aromatic carbocycles. The summed E-state index contributed by atoms with van der Waals surface area (Å²) in [4.78, 5) is 36.1. The second-order valence-electron chi connectivity index (χ2n) is 6.26. The Kier molecular flexibility index (Phi) is 6.16. The van der Waals surface area contributed by atoms with Crippen LogP contribution in [0, 0.1) is 0 Å². The summed E-state index contributed by atoms with van der Waals surface area (Å²) in [6.07, 6.45) is 3.04. The highest BCUT2D eigenvalue weighted by Crippen LogP contribution is 2.23. The summed E-state index contributed by atoms with van der Waals surface area (Å²) < 4.78 is 10.1. The Bertz CT molecular complexity index is 929. The number of carbonyl (C=O) groups excluding carboxylic acids is 3. The second kappa shape index (κ2) is 8.75. The van der Waals surface area contributed by atoms with Crippen molar-refractivity contribution in [3.05, 3.63) is 63.7 Å². The minimum atomic E-state index is -0.677. The lowest BCUT2D eigenvalue weighted by atomic mass is 10.1. The second-order valence-corrected chi connectivity index (χ2v) is 6.70. The van der Waals surface area contributed by atoms with Gasteiger partial charge in [0.25, 0.3) is 11.8 Å². The van der Waals surface area contributed by atoms with E-state index in [2.05, 4.69) is 10.9 Å². The Labute approximate surface area is 166 Å². The molecule has 0 atom stereocenters. The van der Waals surface area contributed by atoms with E-state index < -0.39 is 24.4 Å². The van der Waals surface area contributed by atoms with Gasteiger partial charge in [0.05, 0.1) is 18.2 Å². The fourth-order valence-electron chi connectivity index (χ4n) is 3.00. The van der Waals surface area contributed by atoms with Crippen molar-refractivity contribution in [3.8, 4) is 5.75 Å². The number of benzene rings is 2. The molecule has 0 aliphatic heterocycles. The summed E-state index contributed by atoms with van der Waals surface area (Å²) in [5.41, 5.74) is 7.36. The normalized spacial score (nSPS) is 12.1. The molecule has 0 fully saturated rings. The zero-order chi connectivity index (χ0) is 20.1. The van der Waals surface area contributed by atoms with Crippen molar-refractivity contribution in [2.45, 2.75) is 19.3 Å². The van der Waals surface area contributed by atoms with Crippen LogP contribution in [0.3, 0.4) is 0 Å². The molecular weight excluding hydrogens is 384 g/mol. The van der Waals surface area contributed by atoms with E-state index in [0.29, 0.717) is 16.3 Å². The molecule has 0 aromatic heterocycles. The number of hydrogen-bond acceptors (Lipinski definition) is 5. The van der Waals surface area contributed by atoms with Crippen LogP contribution in [0.4, 0.5) is 0 Å². The summed E-state index contributed by atoms with van der Waals surface area (Å²) in [7, 11) is 1.41. The van der Waals surface area contributed by atoms with E-state index in [1.807, 2.05) is 6.07 Å². The average molecular weight is 403 g/mol. The minimum absolute atomic E-state index is 0.158. The minimum Gasteiger partial charge on any atom is -0.496 e. The molecule has 28 heavy (non-hydrogen) atoms. The number of ether oxygens (including phenoxy) is 2. The van der Waals surface area contributed by atoms with E-state index in [1.54, 1.807) is 18.2 Å². The van der Waals surface area contributed by atoms with Gasteiger partial charge in [-0.2, -0.15) is 0 Å². The van der Waals surface area contributed by atoms with Crippen LogP contribution in [0.15, 0.2) is 36.4 Å². The van der Waals surface area contributed by atoms with Gasteiger partial charge in [-0.15, -0.1) is 0 Å². The molecular formula is C20H19ClN2O5. The van der Waals surface area contributed by atoms with Crippen molar-refractivity contribution in [1.29, 1.82) is 0 Å². The van der Waals surface area contributed by atoms with Crippen molar-refractivity contribution in [3.63, 3.8) is 0 Å². The molecule has 2 amide bonds. The van der Waals surface area contributed by atoms with Crippen LogP contribution in [0.2, 0.25) is 5.02 Å². The SMILES string of the molecule is COc1ccc(Cl)cc1C(=O)NNC(=O)COC(=O)c1ccc2c(c1)CCC2. The summed E-state index contributed by atoms with van der Waals surface area (Å²) in [6.45, 7) is -0.525.